The van der Waals surface area contributed by atoms with E-state index in [0.29, 0.717) is 50.0 Å². The number of esters is 2. The van der Waals surface area contributed by atoms with Crippen molar-refractivity contribution in [3.8, 4) is 11.5 Å². The Morgan fingerprint density at radius 3 is 2.08 bits per heavy atom. The molecule has 202 valence electrons. The van der Waals surface area contributed by atoms with Gasteiger partial charge in [-0.05, 0) is 90.4 Å². The Labute approximate surface area is 231 Å². The van der Waals surface area contributed by atoms with E-state index in [1.807, 2.05) is 37.3 Å². The number of benzene rings is 3. The van der Waals surface area contributed by atoms with Crippen LogP contribution in [-0.4, -0.2) is 25.8 Å². The highest BCUT2D eigenvalue weighted by atomic mass is 79.9. The Hall–Kier alpha value is -3.23. The van der Waals surface area contributed by atoms with Gasteiger partial charge in [0.05, 0.1) is 15.6 Å². The average molecular weight is 587 g/mol. The largest absolute Gasteiger partial charge is 0.485 e. The van der Waals surface area contributed by atoms with E-state index < -0.39 is 17.8 Å². The fourth-order valence-corrected chi connectivity index (χ4v) is 4.97. The standard InChI is InChI=1S/C30H32BrFO6/c1-8-22-18(4)23(29(33)37-15-35-7)16(2)17(3)27(22)38-30(34)24-19(5)25(31)28(26(32)20(24)6)36-14-21-12-10-9-11-13-21/h9-13H,8,14-15H2,1-7H3. The van der Waals surface area contributed by atoms with Gasteiger partial charge < -0.3 is 18.9 Å². The summed E-state index contributed by atoms with van der Waals surface area (Å²) < 4.78 is 37.6. The molecule has 0 unspecified atom stereocenters. The van der Waals surface area contributed by atoms with E-state index >= 15 is 4.39 Å². The lowest BCUT2D eigenvalue weighted by molar-refractivity contribution is -0.0126. The highest BCUT2D eigenvalue weighted by molar-refractivity contribution is 9.10. The van der Waals surface area contributed by atoms with Crippen LogP contribution >= 0.6 is 15.9 Å². The Bertz CT molecular complexity index is 1340. The second-order valence-electron chi connectivity index (χ2n) is 9.00. The summed E-state index contributed by atoms with van der Waals surface area (Å²) in [6, 6.07) is 9.42. The fraction of sp³-hybridized carbons (Fsp3) is 0.333. The summed E-state index contributed by atoms with van der Waals surface area (Å²) >= 11 is 3.42. The van der Waals surface area contributed by atoms with E-state index in [4.69, 9.17) is 18.9 Å². The van der Waals surface area contributed by atoms with Gasteiger partial charge in [0.2, 0.25) is 0 Å². The first-order chi connectivity index (χ1) is 18.0. The molecule has 3 aromatic carbocycles. The van der Waals surface area contributed by atoms with Gasteiger partial charge in [-0.15, -0.1) is 0 Å². The smallest absolute Gasteiger partial charge is 0.344 e. The SMILES string of the molecule is CCc1c(C)c(C(=O)OCOC)c(C)c(C)c1OC(=O)c1c(C)c(F)c(OCc2ccccc2)c(Br)c1C. The van der Waals surface area contributed by atoms with E-state index in [9.17, 15) is 9.59 Å². The van der Waals surface area contributed by atoms with E-state index in [0.717, 1.165) is 5.56 Å². The van der Waals surface area contributed by atoms with Crippen LogP contribution in [-0.2, 0) is 22.5 Å². The summed E-state index contributed by atoms with van der Waals surface area (Å²) in [6.07, 6.45) is 0.502. The highest BCUT2D eigenvalue weighted by Gasteiger charge is 2.28. The second-order valence-corrected chi connectivity index (χ2v) is 9.79. The van der Waals surface area contributed by atoms with Crippen molar-refractivity contribution >= 4 is 27.9 Å². The molecule has 0 aliphatic carbocycles. The Kier molecular flexibility index (Phi) is 9.68. The van der Waals surface area contributed by atoms with E-state index in [-0.39, 0.29) is 30.3 Å². The highest BCUT2D eigenvalue weighted by Crippen LogP contribution is 2.39. The maximum Gasteiger partial charge on any atom is 0.344 e. The first-order valence-electron chi connectivity index (χ1n) is 12.2. The van der Waals surface area contributed by atoms with Gasteiger partial charge in [0.1, 0.15) is 12.4 Å². The van der Waals surface area contributed by atoms with Gasteiger partial charge in [0.15, 0.2) is 18.4 Å². The van der Waals surface area contributed by atoms with Gasteiger partial charge in [-0.3, -0.25) is 0 Å². The minimum Gasteiger partial charge on any atom is -0.485 e. The van der Waals surface area contributed by atoms with E-state index in [2.05, 4.69) is 15.9 Å². The summed E-state index contributed by atoms with van der Waals surface area (Å²) in [5.74, 6) is -1.45. The third-order valence-electron chi connectivity index (χ3n) is 6.68. The van der Waals surface area contributed by atoms with Crippen molar-refractivity contribution in [1.29, 1.82) is 0 Å². The predicted octanol–water partition coefficient (Wildman–Crippen LogP) is 7.25. The molecule has 3 rings (SSSR count). The van der Waals surface area contributed by atoms with Crippen molar-refractivity contribution in [2.45, 2.75) is 54.6 Å². The van der Waals surface area contributed by atoms with Crippen LogP contribution in [0.5, 0.6) is 11.5 Å². The van der Waals surface area contributed by atoms with Crippen molar-refractivity contribution in [1.82, 2.24) is 0 Å². The van der Waals surface area contributed by atoms with Crippen molar-refractivity contribution in [3.63, 3.8) is 0 Å². The molecule has 0 bridgehead atoms. The van der Waals surface area contributed by atoms with Crippen molar-refractivity contribution in [2.24, 2.45) is 0 Å². The second kappa shape index (κ2) is 12.5. The maximum absolute atomic E-state index is 15.5. The van der Waals surface area contributed by atoms with Crippen LogP contribution in [0.4, 0.5) is 4.39 Å². The van der Waals surface area contributed by atoms with Gasteiger partial charge in [-0.1, -0.05) is 37.3 Å². The molecule has 0 N–H and O–H groups in total. The maximum atomic E-state index is 15.5. The fourth-order valence-electron chi connectivity index (χ4n) is 4.49. The van der Waals surface area contributed by atoms with Gasteiger partial charge in [0, 0.05) is 12.7 Å². The molecule has 0 aliphatic heterocycles. The summed E-state index contributed by atoms with van der Waals surface area (Å²) in [6.45, 7) is 10.5. The number of methoxy groups -OCH3 is 1. The van der Waals surface area contributed by atoms with Gasteiger partial charge >= 0.3 is 11.9 Å². The summed E-state index contributed by atoms with van der Waals surface area (Å²) in [5, 5.41) is 0. The lowest BCUT2D eigenvalue weighted by Gasteiger charge is -2.22. The first-order valence-corrected chi connectivity index (χ1v) is 13.0. The number of rotatable bonds is 9. The Balaban J connectivity index is 2.00. The van der Waals surface area contributed by atoms with Gasteiger partial charge in [-0.2, -0.15) is 0 Å². The van der Waals surface area contributed by atoms with Gasteiger partial charge in [-0.25, -0.2) is 14.0 Å². The summed E-state index contributed by atoms with van der Waals surface area (Å²) in [4.78, 5) is 26.2. The van der Waals surface area contributed by atoms with Crippen LogP contribution in [0.25, 0.3) is 0 Å². The molecule has 0 saturated carbocycles. The zero-order chi connectivity index (χ0) is 28.1. The van der Waals surface area contributed by atoms with Crippen molar-refractivity contribution in [2.75, 3.05) is 13.9 Å². The van der Waals surface area contributed by atoms with E-state index in [1.165, 1.54) is 14.0 Å². The molecule has 0 aromatic heterocycles. The predicted molar refractivity (Wildman–Crippen MR) is 147 cm³/mol. The average Bonchev–Trinajstić information content (AvgIpc) is 2.90. The molecule has 3 aromatic rings. The minimum absolute atomic E-state index is 0.0384. The first kappa shape index (κ1) is 29.3. The molecule has 0 aliphatic rings. The quantitative estimate of drug-likeness (QED) is 0.149. The van der Waals surface area contributed by atoms with Crippen molar-refractivity contribution < 1.29 is 32.9 Å². The molecule has 6 nitrogen and oxygen atoms in total. The summed E-state index contributed by atoms with van der Waals surface area (Å²) in [7, 11) is 1.44. The lowest BCUT2D eigenvalue weighted by Crippen LogP contribution is -2.19. The molecule has 0 radical (unpaired) electrons. The number of hydrogen-bond acceptors (Lipinski definition) is 6. The van der Waals surface area contributed by atoms with Crippen LogP contribution in [0.2, 0.25) is 0 Å². The van der Waals surface area contributed by atoms with E-state index in [1.54, 1.807) is 27.7 Å². The monoisotopic (exact) mass is 586 g/mol. The topological polar surface area (TPSA) is 71.1 Å². The van der Waals surface area contributed by atoms with Crippen LogP contribution < -0.4 is 9.47 Å². The number of carbonyl (C=O) groups is 2. The molecule has 0 fully saturated rings. The van der Waals surface area contributed by atoms with Crippen LogP contribution in [0.15, 0.2) is 34.8 Å². The number of hydrogen-bond donors (Lipinski definition) is 0. The zero-order valence-corrected chi connectivity index (χ0v) is 24.3. The number of ether oxygens (including phenoxy) is 4. The molecule has 8 heteroatoms. The molecule has 0 saturated heterocycles. The van der Waals surface area contributed by atoms with Crippen molar-refractivity contribution in [3.05, 3.63) is 90.7 Å². The normalized spacial score (nSPS) is 10.9. The molecule has 0 amide bonds. The Morgan fingerprint density at radius 1 is 0.842 bits per heavy atom. The molecule has 0 spiro atoms. The molecule has 0 atom stereocenters. The lowest BCUT2D eigenvalue weighted by atomic mass is 9.91. The third-order valence-corrected chi connectivity index (χ3v) is 7.63. The number of halogens is 2. The zero-order valence-electron chi connectivity index (χ0n) is 22.7. The minimum atomic E-state index is -0.694. The molecular weight excluding hydrogens is 555 g/mol. The Morgan fingerprint density at radius 2 is 1.47 bits per heavy atom. The molecule has 38 heavy (non-hydrogen) atoms. The van der Waals surface area contributed by atoms with Crippen LogP contribution in [0.3, 0.4) is 0 Å². The van der Waals surface area contributed by atoms with Crippen LogP contribution in [0, 0.1) is 40.4 Å². The third kappa shape index (κ3) is 5.76. The van der Waals surface area contributed by atoms with Gasteiger partial charge in [0.25, 0.3) is 0 Å². The number of carbonyl (C=O) groups excluding carboxylic acids is 2. The molecule has 0 heterocycles. The van der Waals surface area contributed by atoms with Crippen LogP contribution in [0.1, 0.15) is 66.6 Å². The molecular formula is C30H32BrFO6. The summed E-state index contributed by atoms with van der Waals surface area (Å²) in [5.41, 5.74) is 4.66.